The summed E-state index contributed by atoms with van der Waals surface area (Å²) in [7, 11) is 0. The summed E-state index contributed by atoms with van der Waals surface area (Å²) in [5.41, 5.74) is 0. The fraction of sp³-hybridized carbons (Fsp3) is 0.929. The summed E-state index contributed by atoms with van der Waals surface area (Å²) in [6, 6.07) is -9.48. The number of rotatable bonds is 33. The van der Waals surface area contributed by atoms with E-state index in [1.807, 2.05) is 0 Å². The van der Waals surface area contributed by atoms with Crippen molar-refractivity contribution < 1.29 is 252 Å². The second kappa shape index (κ2) is 45.5. The smallest absolute Gasteiger partial charge is 0.217 e. The number of hydrogen-bond donors (Lipinski definition) is 32. The second-order valence-electron chi connectivity index (χ2n) is 31.7. The van der Waals surface area contributed by atoms with E-state index >= 15 is 0 Å². The number of carbonyl (C=O) groups is 5. The van der Waals surface area contributed by atoms with Crippen molar-refractivity contribution in [3.05, 3.63) is 0 Å². The van der Waals surface area contributed by atoms with Gasteiger partial charge in [-0.05, 0) is 0 Å². The fourth-order valence-electron chi connectivity index (χ4n) is 16.3. The average molecular weight is 1840 g/mol. The molecule has 0 saturated carbocycles. The van der Waals surface area contributed by atoms with Gasteiger partial charge in [0.05, 0.1) is 66.1 Å². The highest BCUT2D eigenvalue weighted by Gasteiger charge is 2.63. The maximum atomic E-state index is 13.4. The quantitative estimate of drug-likeness (QED) is 0.0290. The highest BCUT2D eigenvalue weighted by atomic mass is 16.8. The number of carbonyl (C=O) groups excluding carboxylic acids is 5. The Labute approximate surface area is 713 Å². The molecular formula is C70H117N5O51. The lowest BCUT2D eigenvalue weighted by atomic mass is 9.93. The molecule has 0 aliphatic carbocycles. The first-order valence-electron chi connectivity index (χ1n) is 40.1. The largest absolute Gasteiger partial charge is 0.394 e. The van der Waals surface area contributed by atoms with Crippen molar-refractivity contribution in [2.75, 3.05) is 66.1 Å². The minimum Gasteiger partial charge on any atom is -0.394 e. The standard InChI is InChI=1S/C70H117N5O51/c1-16(85)71-31-44(98)53(26(11-81)109-61(31)107)119-64-34(74-19(4)88)45(99)55(27(12-82)115-64)122-68-52(106)58(41(95)30(118-68)15-108-69-59(48(102)39(93)24(9-79)114-69)125-63-33(73-18(3)87)43(97)37(91)22(7-77)111-63)124-70-60(50(104)56(29(14-84)117-70)120-62-32(72-17(2)86)42(96)36(90)21(6-76)110-62)126-65-35(75-20(5)89)46(100)54(28(13-83)116-65)121-67-51(105)57(40(94)25(10-80)113-67)123-66-49(103)47(101)38(92)23(8-78)112-66/h21-70,76-84,90-107H,6-15H2,1-5H3,(H,71,85)(H,72,86)(H,73,87)(H,74,88)(H,75,89)/t21-,22-,23-,24-,25-,26-,27-,28-,29-,30-,31-,32-,33-,34-,35-,36-,37-,38+,39-,40+,41-,42-,43-,44-,45-,46-,47+,48+,49-,50+,51-,52+,53-,54-,55-,56-,57+,58+,59+,60+,61-,62+,63+,64+,65+,66-,67+,68+,69+,70-/m1/s1. The van der Waals surface area contributed by atoms with Gasteiger partial charge < -0.3 is 254 Å². The van der Waals surface area contributed by atoms with Crippen LogP contribution in [0.15, 0.2) is 0 Å². The van der Waals surface area contributed by atoms with Gasteiger partial charge in [-0.25, -0.2) is 0 Å². The predicted molar refractivity (Wildman–Crippen MR) is 388 cm³/mol. The Kier molecular flexibility index (Phi) is 37.4. The van der Waals surface area contributed by atoms with Crippen LogP contribution in [0.3, 0.4) is 0 Å². The number of amides is 5. The zero-order chi connectivity index (χ0) is 92.8. The third kappa shape index (κ3) is 22.9. The lowest BCUT2D eigenvalue weighted by molar-refractivity contribution is -0.406. The summed E-state index contributed by atoms with van der Waals surface area (Å²) in [6.45, 7) is -6.78. The van der Waals surface area contributed by atoms with Crippen LogP contribution in [0.5, 0.6) is 0 Å². The second-order valence-corrected chi connectivity index (χ2v) is 31.7. The summed E-state index contributed by atoms with van der Waals surface area (Å²) < 4.78 is 114. The molecule has 10 saturated heterocycles. The van der Waals surface area contributed by atoms with E-state index in [1.54, 1.807) is 0 Å². The molecule has 0 spiro atoms. The molecule has 0 bridgehead atoms. The number of aliphatic hydroxyl groups is 27. The van der Waals surface area contributed by atoms with Crippen molar-refractivity contribution in [1.82, 2.24) is 26.6 Å². The number of nitrogens with one attached hydrogen (secondary N) is 5. The topological polar surface area (TPSA) is 867 Å². The molecule has 50 atom stereocenters. The Morgan fingerprint density at radius 2 is 0.444 bits per heavy atom. The van der Waals surface area contributed by atoms with Gasteiger partial charge in [0.15, 0.2) is 62.9 Å². The van der Waals surface area contributed by atoms with Gasteiger partial charge in [0.2, 0.25) is 29.5 Å². The van der Waals surface area contributed by atoms with Crippen LogP contribution in [0, 0.1) is 0 Å². The van der Waals surface area contributed by atoms with E-state index in [0.717, 1.165) is 34.6 Å². The Morgan fingerprint density at radius 3 is 0.825 bits per heavy atom. The summed E-state index contributed by atoms with van der Waals surface area (Å²) in [5, 5.41) is 316. The molecule has 10 aliphatic heterocycles. The van der Waals surface area contributed by atoms with Gasteiger partial charge in [-0.2, -0.15) is 0 Å². The van der Waals surface area contributed by atoms with E-state index in [9.17, 15) is 162 Å². The van der Waals surface area contributed by atoms with Gasteiger partial charge in [0.25, 0.3) is 0 Å². The van der Waals surface area contributed by atoms with E-state index in [-0.39, 0.29) is 0 Å². The monoisotopic (exact) mass is 1840 g/mol. The lowest BCUT2D eigenvalue weighted by Crippen LogP contribution is -2.71. The first kappa shape index (κ1) is 104. The molecule has 56 nitrogen and oxygen atoms in total. The number of aliphatic hydroxyl groups excluding tert-OH is 27. The van der Waals surface area contributed by atoms with E-state index < -0.39 is 402 Å². The summed E-state index contributed by atoms with van der Waals surface area (Å²) in [4.78, 5) is 64.1. The van der Waals surface area contributed by atoms with Crippen molar-refractivity contribution in [1.29, 1.82) is 0 Å². The molecular weight excluding hydrogens is 1730 g/mol. The van der Waals surface area contributed by atoms with Crippen LogP contribution in [0.4, 0.5) is 0 Å². The maximum Gasteiger partial charge on any atom is 0.217 e. The first-order chi connectivity index (χ1) is 59.6. The fourth-order valence-corrected chi connectivity index (χ4v) is 16.3. The molecule has 56 heteroatoms. The van der Waals surface area contributed by atoms with Crippen molar-refractivity contribution in [2.45, 2.75) is 341 Å². The third-order valence-corrected chi connectivity index (χ3v) is 22.9. The lowest BCUT2D eigenvalue weighted by Gasteiger charge is -2.52. The number of hydrogen-bond acceptors (Lipinski definition) is 51. The molecule has 0 aromatic carbocycles. The molecule has 5 amide bonds. The molecule has 0 unspecified atom stereocenters. The molecule has 126 heavy (non-hydrogen) atoms. The third-order valence-electron chi connectivity index (χ3n) is 22.9. The van der Waals surface area contributed by atoms with Crippen LogP contribution in [-0.4, -0.2) is 540 Å². The van der Waals surface area contributed by atoms with Crippen LogP contribution < -0.4 is 26.6 Å². The van der Waals surface area contributed by atoms with Crippen LogP contribution in [-0.2, 0) is 114 Å². The Balaban J connectivity index is 1.04. The van der Waals surface area contributed by atoms with Gasteiger partial charge >= 0.3 is 0 Å². The molecule has 32 N–H and O–H groups in total. The SMILES string of the molecule is CC(=O)N[C@@H]1[C@@H](O)[C@H](O[C@@H]2O[C@H](CO)[C@@H](O[C@@H]3O[C@H](CO[C@H]4O[C@H](CO)[C@@H](O)[C@H](O)[C@@H]4O[C@@H]4O[C@H](CO)[C@@H](O)[C@H](O)[C@H]4NC(C)=O)[C@@H](O)[C@H](O[C@H]4O[C@H](CO)[C@@H](O[C@@H]5O[C@H](CO)[C@@H](O)[C@H](O)[C@H]5NC(C)=O)[C@H](O)[C@@H]4O[C@@H]4O[C@H](CO)[C@@H](O[C@@H]5O[C@H](CO)[C@H](O)[C@H](O[C@H]6O[C@H](CO)[C@H](O)[C@H](O)[C@H]6O)[C@H]5O)[C@H](O)[C@H]4NC(C)=O)[C@@H]3O)[C@H](O)[C@H]2NC(C)=O)[C@@H](CO)O[C@H]1O. The van der Waals surface area contributed by atoms with Crippen molar-refractivity contribution in [3.63, 3.8) is 0 Å². The van der Waals surface area contributed by atoms with Crippen molar-refractivity contribution >= 4 is 29.5 Å². The van der Waals surface area contributed by atoms with E-state index in [0.29, 0.717) is 0 Å². The molecule has 0 aromatic heterocycles. The molecule has 10 rings (SSSR count). The van der Waals surface area contributed by atoms with Gasteiger partial charge in [-0.15, -0.1) is 0 Å². The maximum absolute atomic E-state index is 13.4. The van der Waals surface area contributed by atoms with Crippen molar-refractivity contribution in [2.24, 2.45) is 0 Å². The Morgan fingerprint density at radius 1 is 0.206 bits per heavy atom. The Hall–Kier alpha value is -4.49. The average Bonchev–Trinajstić information content (AvgIpc) is 0.758. The van der Waals surface area contributed by atoms with Crippen LogP contribution in [0.25, 0.3) is 0 Å². The summed E-state index contributed by atoms with van der Waals surface area (Å²) in [6.07, 6.45) is -96.8. The van der Waals surface area contributed by atoms with Gasteiger partial charge in [0.1, 0.15) is 244 Å². The molecule has 0 aromatic rings. The van der Waals surface area contributed by atoms with E-state index in [2.05, 4.69) is 26.6 Å². The molecule has 0 radical (unpaired) electrons. The van der Waals surface area contributed by atoms with Gasteiger partial charge in [0, 0.05) is 34.6 Å². The predicted octanol–water partition coefficient (Wildman–Crippen LogP) is -22.1. The zero-order valence-electron chi connectivity index (χ0n) is 67.8. The minimum atomic E-state index is -2.69. The minimum absolute atomic E-state index is 0.811. The molecule has 10 aliphatic rings. The van der Waals surface area contributed by atoms with Crippen molar-refractivity contribution in [3.8, 4) is 0 Å². The molecule has 728 valence electrons. The summed E-state index contributed by atoms with van der Waals surface area (Å²) in [5.74, 6) is -4.66. The van der Waals surface area contributed by atoms with Crippen LogP contribution in [0.1, 0.15) is 34.6 Å². The highest BCUT2D eigenvalue weighted by molar-refractivity contribution is 5.75. The zero-order valence-corrected chi connectivity index (χ0v) is 67.8. The highest BCUT2D eigenvalue weighted by Crippen LogP contribution is 2.42. The van der Waals surface area contributed by atoms with E-state index in [1.165, 1.54) is 0 Å². The van der Waals surface area contributed by atoms with Gasteiger partial charge in [-0.1, -0.05) is 0 Å². The van der Waals surface area contributed by atoms with E-state index in [4.69, 9.17) is 90.0 Å². The number of ether oxygens (including phenoxy) is 19. The summed E-state index contributed by atoms with van der Waals surface area (Å²) >= 11 is 0. The molecule has 10 fully saturated rings. The van der Waals surface area contributed by atoms with Gasteiger partial charge in [-0.3, -0.25) is 24.0 Å². The first-order valence-corrected chi connectivity index (χ1v) is 40.1. The normalized spacial score (nSPS) is 48.4. The Bertz CT molecular complexity index is 3440. The molecule has 10 heterocycles. The van der Waals surface area contributed by atoms with Crippen LogP contribution in [0.2, 0.25) is 0 Å². The van der Waals surface area contributed by atoms with Crippen LogP contribution >= 0.6 is 0 Å².